The Labute approximate surface area is 158 Å². The Morgan fingerprint density at radius 1 is 1.15 bits per heavy atom. The molecule has 0 spiro atoms. The summed E-state index contributed by atoms with van der Waals surface area (Å²) in [6.45, 7) is 10.4. The average Bonchev–Trinajstić information content (AvgIpc) is 2.51. The number of hydrogen-bond acceptors (Lipinski definition) is 3. The highest BCUT2D eigenvalue weighted by Crippen LogP contribution is 2.36. The minimum Gasteiger partial charge on any atom is -0.480 e. The summed E-state index contributed by atoms with van der Waals surface area (Å²) in [4.78, 5) is 23.5. The number of benzene rings is 1. The third-order valence-corrected chi connectivity index (χ3v) is 9.29. The standard InChI is InChI=1S/C18H26F3NO4Si/c1-17(2,3)27(4,5)26-11-10-14(16(24)25)22-15(23)12-6-8-13(9-7-12)18(19,20)21/h6-9,14H,10-11H2,1-5H3,(H,22,23)(H,24,25)/t14-/m0/s1. The van der Waals surface area contributed by atoms with Crippen molar-refractivity contribution >= 4 is 20.2 Å². The van der Waals surface area contributed by atoms with Gasteiger partial charge in [0, 0.05) is 18.6 Å². The molecule has 9 heteroatoms. The van der Waals surface area contributed by atoms with Crippen LogP contribution < -0.4 is 5.32 Å². The molecule has 2 N–H and O–H groups in total. The van der Waals surface area contributed by atoms with Gasteiger partial charge in [0.25, 0.3) is 5.91 Å². The van der Waals surface area contributed by atoms with Gasteiger partial charge in [0.05, 0.1) is 5.56 Å². The van der Waals surface area contributed by atoms with Crippen molar-refractivity contribution in [2.75, 3.05) is 6.61 Å². The Morgan fingerprint density at radius 3 is 2.07 bits per heavy atom. The summed E-state index contributed by atoms with van der Waals surface area (Å²) in [6, 6.07) is 2.41. The van der Waals surface area contributed by atoms with Crippen LogP contribution in [0.3, 0.4) is 0 Å². The normalized spacial score (nSPS) is 13.9. The Kier molecular flexibility index (Phi) is 7.23. The zero-order valence-corrected chi connectivity index (χ0v) is 17.1. The maximum absolute atomic E-state index is 12.6. The molecule has 1 amide bonds. The molecule has 5 nitrogen and oxygen atoms in total. The number of alkyl halides is 3. The molecule has 1 aromatic rings. The molecule has 152 valence electrons. The topological polar surface area (TPSA) is 75.6 Å². The van der Waals surface area contributed by atoms with Crippen LogP contribution in [0.25, 0.3) is 0 Å². The first-order valence-electron chi connectivity index (χ1n) is 8.50. The number of halogens is 3. The van der Waals surface area contributed by atoms with E-state index >= 15 is 0 Å². The molecule has 0 unspecified atom stereocenters. The number of rotatable bonds is 7. The molecule has 0 bridgehead atoms. The van der Waals surface area contributed by atoms with E-state index in [1.807, 2.05) is 13.1 Å². The fourth-order valence-corrected chi connectivity index (χ4v) is 3.02. The third kappa shape index (κ3) is 6.66. The SMILES string of the molecule is CC(C)(C)[Si](C)(C)OCC[C@H](NC(=O)c1ccc(C(F)(F)F)cc1)C(=O)O. The van der Waals surface area contributed by atoms with Crippen LogP contribution in [0.2, 0.25) is 18.1 Å². The van der Waals surface area contributed by atoms with Gasteiger partial charge in [-0.1, -0.05) is 20.8 Å². The Hall–Kier alpha value is -1.87. The summed E-state index contributed by atoms with van der Waals surface area (Å²) in [7, 11) is -2.05. The molecule has 0 aromatic heterocycles. The predicted molar refractivity (Wildman–Crippen MR) is 98.1 cm³/mol. The minimum absolute atomic E-state index is 0.0325. The van der Waals surface area contributed by atoms with Crippen LogP contribution in [-0.4, -0.2) is 37.9 Å². The lowest BCUT2D eigenvalue weighted by Gasteiger charge is -2.36. The number of carboxylic acids is 1. The second-order valence-corrected chi connectivity index (χ2v) is 12.6. The molecule has 0 aliphatic heterocycles. The van der Waals surface area contributed by atoms with E-state index in [1.165, 1.54) is 0 Å². The summed E-state index contributed by atoms with van der Waals surface area (Å²) in [6.07, 6.45) is -4.44. The minimum atomic E-state index is -4.50. The van der Waals surface area contributed by atoms with E-state index in [9.17, 15) is 27.9 Å². The van der Waals surface area contributed by atoms with Crippen molar-refractivity contribution in [2.45, 2.75) is 57.5 Å². The summed E-state index contributed by atoms with van der Waals surface area (Å²) in [5, 5.41) is 11.6. The zero-order valence-electron chi connectivity index (χ0n) is 16.1. The van der Waals surface area contributed by atoms with Crippen molar-refractivity contribution in [1.82, 2.24) is 5.32 Å². The van der Waals surface area contributed by atoms with E-state index < -0.39 is 38.0 Å². The maximum Gasteiger partial charge on any atom is 0.416 e. The van der Waals surface area contributed by atoms with Crippen molar-refractivity contribution in [1.29, 1.82) is 0 Å². The van der Waals surface area contributed by atoms with E-state index in [0.29, 0.717) is 0 Å². The Bertz CT molecular complexity index is 667. The first-order valence-corrected chi connectivity index (χ1v) is 11.4. The van der Waals surface area contributed by atoms with Crippen LogP contribution in [0.4, 0.5) is 13.2 Å². The molecule has 1 atom stereocenters. The van der Waals surface area contributed by atoms with Crippen LogP contribution in [-0.2, 0) is 15.4 Å². The number of amides is 1. The van der Waals surface area contributed by atoms with Gasteiger partial charge in [0.2, 0.25) is 0 Å². The van der Waals surface area contributed by atoms with Crippen LogP contribution in [0.1, 0.15) is 43.1 Å². The third-order valence-electron chi connectivity index (χ3n) is 4.75. The molecule has 1 rings (SSSR count). The quantitative estimate of drug-likeness (QED) is 0.663. The number of aliphatic carboxylic acids is 1. The van der Waals surface area contributed by atoms with Gasteiger partial charge in [0.1, 0.15) is 6.04 Å². The number of carbonyl (C=O) groups is 2. The summed E-state index contributed by atoms with van der Waals surface area (Å²) in [5.41, 5.74) is -0.920. The van der Waals surface area contributed by atoms with E-state index in [1.54, 1.807) is 0 Å². The van der Waals surface area contributed by atoms with Gasteiger partial charge < -0.3 is 14.8 Å². The van der Waals surface area contributed by atoms with Crippen LogP contribution in [0.5, 0.6) is 0 Å². The summed E-state index contributed by atoms with van der Waals surface area (Å²) in [5.74, 6) is -1.97. The molecule has 27 heavy (non-hydrogen) atoms. The number of carboxylic acid groups (broad SMARTS) is 1. The fourth-order valence-electron chi connectivity index (χ4n) is 1.96. The second kappa shape index (κ2) is 8.43. The van der Waals surface area contributed by atoms with Crippen LogP contribution in [0, 0.1) is 0 Å². The molecule has 1 aromatic carbocycles. The van der Waals surface area contributed by atoms with Crippen molar-refractivity contribution in [2.24, 2.45) is 0 Å². The Balaban J connectivity index is 2.72. The highest BCUT2D eigenvalue weighted by atomic mass is 28.4. The fraction of sp³-hybridized carbons (Fsp3) is 0.556. The van der Waals surface area contributed by atoms with E-state index in [0.717, 1.165) is 24.3 Å². The molecule has 0 saturated heterocycles. The van der Waals surface area contributed by atoms with Gasteiger partial charge in [-0.05, 0) is 42.4 Å². The van der Waals surface area contributed by atoms with Gasteiger partial charge in [-0.25, -0.2) is 4.79 Å². The summed E-state index contributed by atoms with van der Waals surface area (Å²) >= 11 is 0. The van der Waals surface area contributed by atoms with Crippen molar-refractivity contribution in [3.63, 3.8) is 0 Å². The van der Waals surface area contributed by atoms with Crippen molar-refractivity contribution < 1.29 is 32.3 Å². The van der Waals surface area contributed by atoms with Crippen LogP contribution >= 0.6 is 0 Å². The molecule has 0 fully saturated rings. The van der Waals surface area contributed by atoms with Gasteiger partial charge in [0.15, 0.2) is 8.32 Å². The highest BCUT2D eigenvalue weighted by Gasteiger charge is 2.37. The van der Waals surface area contributed by atoms with E-state index in [-0.39, 0.29) is 23.6 Å². The molecule has 0 aliphatic rings. The highest BCUT2D eigenvalue weighted by molar-refractivity contribution is 6.74. The maximum atomic E-state index is 12.6. The number of carbonyl (C=O) groups excluding carboxylic acids is 1. The lowest BCUT2D eigenvalue weighted by molar-refractivity contribution is -0.139. The van der Waals surface area contributed by atoms with Gasteiger partial charge in [-0.15, -0.1) is 0 Å². The van der Waals surface area contributed by atoms with Crippen molar-refractivity contribution in [3.05, 3.63) is 35.4 Å². The average molecular weight is 405 g/mol. The largest absolute Gasteiger partial charge is 0.480 e. The van der Waals surface area contributed by atoms with E-state index in [4.69, 9.17) is 4.43 Å². The summed E-state index contributed by atoms with van der Waals surface area (Å²) < 4.78 is 43.6. The molecular weight excluding hydrogens is 379 g/mol. The molecular formula is C18H26F3NO4Si. The van der Waals surface area contributed by atoms with Crippen LogP contribution in [0.15, 0.2) is 24.3 Å². The smallest absolute Gasteiger partial charge is 0.416 e. The first-order chi connectivity index (χ1) is 12.1. The zero-order chi connectivity index (χ0) is 21.0. The predicted octanol–water partition coefficient (Wildman–Crippen LogP) is 4.30. The van der Waals surface area contributed by atoms with Gasteiger partial charge in [-0.3, -0.25) is 4.79 Å². The second-order valence-electron chi connectivity index (χ2n) is 7.84. The molecule has 0 saturated carbocycles. The molecule has 0 heterocycles. The molecule has 0 radical (unpaired) electrons. The lowest BCUT2D eigenvalue weighted by Crippen LogP contribution is -2.44. The Morgan fingerprint density at radius 2 is 1.67 bits per heavy atom. The first kappa shape index (κ1) is 23.2. The molecule has 0 aliphatic carbocycles. The van der Waals surface area contributed by atoms with Gasteiger partial charge in [-0.2, -0.15) is 13.2 Å². The van der Waals surface area contributed by atoms with Gasteiger partial charge >= 0.3 is 12.1 Å². The number of hydrogen-bond donors (Lipinski definition) is 2. The monoisotopic (exact) mass is 405 g/mol. The lowest BCUT2D eigenvalue weighted by atomic mass is 10.1. The number of nitrogens with one attached hydrogen (secondary N) is 1. The van der Waals surface area contributed by atoms with E-state index in [2.05, 4.69) is 26.1 Å². The van der Waals surface area contributed by atoms with Crippen molar-refractivity contribution in [3.8, 4) is 0 Å².